The summed E-state index contributed by atoms with van der Waals surface area (Å²) in [7, 11) is 0. The molecular weight excluding hydrogens is 426 g/mol. The predicted octanol–water partition coefficient (Wildman–Crippen LogP) is 6.11. The van der Waals surface area contributed by atoms with Crippen LogP contribution in [0, 0.1) is 21.4 Å². The predicted molar refractivity (Wildman–Crippen MR) is 111 cm³/mol. The highest BCUT2D eigenvalue weighted by molar-refractivity contribution is 9.10. The number of nitrogens with zero attached hydrogens (tertiary/aromatic N) is 3. The van der Waals surface area contributed by atoms with Gasteiger partial charge in [0.05, 0.1) is 16.2 Å². The van der Waals surface area contributed by atoms with Gasteiger partial charge in [0.2, 0.25) is 0 Å². The van der Waals surface area contributed by atoms with E-state index in [1.165, 1.54) is 23.5 Å². The first-order chi connectivity index (χ1) is 13.0. The molecule has 5 nitrogen and oxygen atoms in total. The number of nitro groups is 1. The van der Waals surface area contributed by atoms with Gasteiger partial charge in [-0.05, 0) is 42.3 Å². The lowest BCUT2D eigenvalue weighted by Crippen LogP contribution is -1.87. The molecule has 0 spiro atoms. The van der Waals surface area contributed by atoms with E-state index in [9.17, 15) is 15.4 Å². The molecule has 0 aliphatic heterocycles. The number of hydrogen-bond acceptors (Lipinski definition) is 5. The molecule has 0 N–H and O–H groups in total. The van der Waals surface area contributed by atoms with Gasteiger partial charge in [0.25, 0.3) is 5.69 Å². The van der Waals surface area contributed by atoms with E-state index in [0.717, 1.165) is 32.6 Å². The lowest BCUT2D eigenvalue weighted by atomic mass is 10.1. The highest BCUT2D eigenvalue weighted by Gasteiger charge is 2.15. The summed E-state index contributed by atoms with van der Waals surface area (Å²) in [5.41, 5.74) is 3.06. The number of benzene rings is 2. The van der Waals surface area contributed by atoms with Gasteiger partial charge in [0.1, 0.15) is 11.1 Å². The maximum absolute atomic E-state index is 10.8. The van der Waals surface area contributed by atoms with Crippen LogP contribution in [0.2, 0.25) is 0 Å². The van der Waals surface area contributed by atoms with Crippen molar-refractivity contribution >= 4 is 44.6 Å². The van der Waals surface area contributed by atoms with Gasteiger partial charge < -0.3 is 0 Å². The molecule has 3 rings (SSSR count). The van der Waals surface area contributed by atoms with Crippen LogP contribution in [0.1, 0.15) is 22.4 Å². The van der Waals surface area contributed by atoms with Gasteiger partial charge in [-0.25, -0.2) is 4.98 Å². The van der Waals surface area contributed by atoms with Crippen LogP contribution in [0.4, 0.5) is 5.69 Å². The monoisotopic (exact) mass is 439 g/mol. The van der Waals surface area contributed by atoms with E-state index in [2.05, 4.69) is 28.9 Å². The lowest BCUT2D eigenvalue weighted by Gasteiger charge is -2.00. The Morgan fingerprint density at radius 3 is 2.48 bits per heavy atom. The standard InChI is InChI=1S/C20H14BrN3O2S/c1-2-18-19(14-5-7-16(21)8-6-14)23-20(27-18)15(12-22)11-13-3-9-17(10-4-13)24(25)26/h3-11H,2H2,1H3. The Morgan fingerprint density at radius 1 is 1.26 bits per heavy atom. The van der Waals surface area contributed by atoms with Gasteiger partial charge in [0.15, 0.2) is 0 Å². The first-order valence-electron chi connectivity index (χ1n) is 8.14. The minimum absolute atomic E-state index is 0.0192. The molecule has 134 valence electrons. The first-order valence-corrected chi connectivity index (χ1v) is 9.75. The van der Waals surface area contributed by atoms with Crippen LogP contribution >= 0.6 is 27.3 Å². The summed E-state index contributed by atoms with van der Waals surface area (Å²) in [6.07, 6.45) is 2.52. The second-order valence-corrected chi connectivity index (χ2v) is 7.67. The molecule has 0 aliphatic carbocycles. The van der Waals surface area contributed by atoms with E-state index in [-0.39, 0.29) is 5.69 Å². The SMILES string of the molecule is CCc1sc(C(C#N)=Cc2ccc([N+](=O)[O-])cc2)nc1-c1ccc(Br)cc1. The number of rotatable bonds is 5. The van der Waals surface area contributed by atoms with Gasteiger partial charge in [-0.1, -0.05) is 35.0 Å². The summed E-state index contributed by atoms with van der Waals surface area (Å²) in [6.45, 7) is 2.06. The van der Waals surface area contributed by atoms with Crippen LogP contribution in [0.3, 0.4) is 0 Å². The number of aryl methyl sites for hydroxylation is 1. The maximum Gasteiger partial charge on any atom is 0.269 e. The molecule has 0 saturated heterocycles. The van der Waals surface area contributed by atoms with Crippen LogP contribution in [-0.4, -0.2) is 9.91 Å². The van der Waals surface area contributed by atoms with Gasteiger partial charge in [-0.15, -0.1) is 11.3 Å². The third kappa shape index (κ3) is 4.30. The molecule has 0 unspecified atom stereocenters. The van der Waals surface area contributed by atoms with Crippen molar-refractivity contribution in [3.05, 3.63) is 78.6 Å². The molecule has 0 bridgehead atoms. The largest absolute Gasteiger partial charge is 0.269 e. The fourth-order valence-corrected chi connectivity index (χ4v) is 3.79. The Morgan fingerprint density at radius 2 is 1.93 bits per heavy atom. The Balaban J connectivity index is 1.99. The van der Waals surface area contributed by atoms with Crippen molar-refractivity contribution < 1.29 is 4.92 Å². The van der Waals surface area contributed by atoms with E-state index in [4.69, 9.17) is 4.98 Å². The molecule has 7 heteroatoms. The summed E-state index contributed by atoms with van der Waals surface area (Å²) in [5.74, 6) is 0. The number of thiazole rings is 1. The van der Waals surface area contributed by atoms with Crippen LogP contribution in [0.5, 0.6) is 0 Å². The Bertz CT molecular complexity index is 1050. The van der Waals surface area contributed by atoms with E-state index < -0.39 is 4.92 Å². The molecular formula is C20H14BrN3O2S. The summed E-state index contributed by atoms with van der Waals surface area (Å²) in [4.78, 5) is 16.1. The van der Waals surface area contributed by atoms with Crippen molar-refractivity contribution in [3.8, 4) is 17.3 Å². The summed E-state index contributed by atoms with van der Waals surface area (Å²) in [5, 5.41) is 21.0. The number of non-ortho nitro benzene ring substituents is 1. The van der Waals surface area contributed by atoms with Crippen molar-refractivity contribution in [1.82, 2.24) is 4.98 Å². The number of nitriles is 1. The van der Waals surface area contributed by atoms with Crippen molar-refractivity contribution in [1.29, 1.82) is 5.26 Å². The van der Waals surface area contributed by atoms with E-state index in [1.54, 1.807) is 18.2 Å². The highest BCUT2D eigenvalue weighted by Crippen LogP contribution is 2.33. The minimum atomic E-state index is -0.447. The van der Waals surface area contributed by atoms with E-state index in [0.29, 0.717) is 10.6 Å². The second-order valence-electron chi connectivity index (χ2n) is 5.67. The zero-order valence-corrected chi connectivity index (χ0v) is 16.8. The van der Waals surface area contributed by atoms with Crippen LogP contribution < -0.4 is 0 Å². The van der Waals surface area contributed by atoms with Crippen LogP contribution in [0.15, 0.2) is 53.0 Å². The van der Waals surface area contributed by atoms with Gasteiger partial charge >= 0.3 is 0 Å². The fourth-order valence-electron chi connectivity index (χ4n) is 2.54. The van der Waals surface area contributed by atoms with Gasteiger partial charge in [-0.3, -0.25) is 10.1 Å². The minimum Gasteiger partial charge on any atom is -0.258 e. The first kappa shape index (κ1) is 19.0. The third-order valence-electron chi connectivity index (χ3n) is 3.90. The Labute approximate surface area is 168 Å². The summed E-state index contributed by atoms with van der Waals surface area (Å²) in [6, 6.07) is 16.2. The Hall–Kier alpha value is -2.82. The number of hydrogen-bond donors (Lipinski definition) is 0. The summed E-state index contributed by atoms with van der Waals surface area (Å²) < 4.78 is 0.996. The summed E-state index contributed by atoms with van der Waals surface area (Å²) >= 11 is 4.93. The normalized spacial score (nSPS) is 11.2. The smallest absolute Gasteiger partial charge is 0.258 e. The quantitative estimate of drug-likeness (QED) is 0.273. The molecule has 0 radical (unpaired) electrons. The highest BCUT2D eigenvalue weighted by atomic mass is 79.9. The van der Waals surface area contributed by atoms with Crippen molar-refractivity contribution in [2.45, 2.75) is 13.3 Å². The van der Waals surface area contributed by atoms with Gasteiger partial charge in [0, 0.05) is 27.0 Å². The molecule has 1 heterocycles. The van der Waals surface area contributed by atoms with Crippen LogP contribution in [0.25, 0.3) is 22.9 Å². The molecule has 0 amide bonds. The molecule has 1 aromatic heterocycles. The molecule has 0 aliphatic rings. The lowest BCUT2D eigenvalue weighted by molar-refractivity contribution is -0.384. The van der Waals surface area contributed by atoms with E-state index >= 15 is 0 Å². The molecule has 0 fully saturated rings. The third-order valence-corrected chi connectivity index (χ3v) is 5.66. The molecule has 0 atom stereocenters. The average molecular weight is 440 g/mol. The number of nitro benzene ring substituents is 1. The van der Waals surface area contributed by atoms with Crippen molar-refractivity contribution in [2.75, 3.05) is 0 Å². The maximum atomic E-state index is 10.8. The zero-order chi connectivity index (χ0) is 19.4. The average Bonchev–Trinajstić information content (AvgIpc) is 3.11. The number of allylic oxidation sites excluding steroid dienone is 1. The van der Waals surface area contributed by atoms with E-state index in [1.807, 2.05) is 24.3 Å². The number of halogens is 1. The van der Waals surface area contributed by atoms with Gasteiger partial charge in [-0.2, -0.15) is 5.26 Å². The Kier molecular flexibility index (Phi) is 5.79. The molecule has 27 heavy (non-hydrogen) atoms. The number of aromatic nitrogens is 1. The zero-order valence-electron chi connectivity index (χ0n) is 14.3. The van der Waals surface area contributed by atoms with Crippen molar-refractivity contribution in [3.63, 3.8) is 0 Å². The fraction of sp³-hybridized carbons (Fsp3) is 0.100. The van der Waals surface area contributed by atoms with Crippen LogP contribution in [-0.2, 0) is 6.42 Å². The molecule has 3 aromatic rings. The molecule has 2 aromatic carbocycles. The topological polar surface area (TPSA) is 79.8 Å². The second kappa shape index (κ2) is 8.25. The van der Waals surface area contributed by atoms with Crippen molar-refractivity contribution in [2.24, 2.45) is 0 Å². The molecule has 0 saturated carbocycles.